The molecule has 1 N–H and O–H groups in total. The largest absolute Gasteiger partial charge is 0.512 e. The van der Waals surface area contributed by atoms with Crippen LogP contribution in [-0.2, 0) is 36.7 Å². The van der Waals surface area contributed by atoms with E-state index in [1.807, 2.05) is 45.2 Å². The molecule has 0 amide bonds. The van der Waals surface area contributed by atoms with E-state index in [2.05, 4.69) is 108 Å². The molecule has 1 fully saturated rings. The first-order chi connectivity index (χ1) is 26.2. The van der Waals surface area contributed by atoms with Crippen LogP contribution in [0.25, 0.3) is 42.6 Å². The number of fused-ring (bicyclic) bond motifs is 2. The molecule has 1 radical (unpaired) electrons. The maximum Gasteiger partial charge on any atom is 0.162 e. The number of hydrogen-bond acceptors (Lipinski definition) is 4. The van der Waals surface area contributed by atoms with Crippen LogP contribution < -0.4 is 0 Å². The van der Waals surface area contributed by atoms with Crippen molar-refractivity contribution in [3.8, 4) is 21.7 Å². The Morgan fingerprint density at radius 2 is 1.48 bits per heavy atom. The Bertz CT molecular complexity index is 2060. The van der Waals surface area contributed by atoms with Crippen molar-refractivity contribution in [2.24, 2.45) is 17.3 Å². The van der Waals surface area contributed by atoms with E-state index in [1.165, 1.54) is 86.2 Å². The summed E-state index contributed by atoms with van der Waals surface area (Å²) in [7, 11) is 0. The molecule has 0 aliphatic heterocycles. The average molecular weight is 949 g/mol. The molecule has 5 aromatic rings. The van der Waals surface area contributed by atoms with E-state index < -0.39 is 0 Å². The summed E-state index contributed by atoms with van der Waals surface area (Å²) < 4.78 is 1.28. The van der Waals surface area contributed by atoms with Gasteiger partial charge in [0.25, 0.3) is 0 Å². The maximum absolute atomic E-state index is 11.7. The minimum absolute atomic E-state index is 0. The molecule has 6 rings (SSSR count). The third-order valence-corrected chi connectivity index (χ3v) is 12.8. The predicted molar refractivity (Wildman–Crippen MR) is 238 cm³/mol. The number of hydrogen-bond donors (Lipinski definition) is 1. The van der Waals surface area contributed by atoms with Crippen molar-refractivity contribution in [1.29, 1.82) is 0 Å². The van der Waals surface area contributed by atoms with E-state index in [1.54, 1.807) is 0 Å². The third-order valence-electron chi connectivity index (χ3n) is 11.5. The van der Waals surface area contributed by atoms with Gasteiger partial charge in [-0.2, -0.15) is 0 Å². The molecule has 0 bridgehead atoms. The summed E-state index contributed by atoms with van der Waals surface area (Å²) in [6.45, 7) is 22.0. The molecular formula is C51H66IrNO2S-. The number of aliphatic hydroxyl groups excluding tert-OH is 1. The number of carbonyl (C=O) groups excluding carboxylic acids is 1. The van der Waals surface area contributed by atoms with Crippen LogP contribution in [0.1, 0.15) is 150 Å². The number of nitrogens with zero attached hydrogens (tertiary/aromatic N) is 1. The normalized spacial score (nSPS) is 14.2. The van der Waals surface area contributed by atoms with E-state index in [-0.39, 0.29) is 54.3 Å². The molecule has 1 aliphatic carbocycles. The molecule has 0 spiro atoms. The number of rotatable bonds is 11. The second-order valence-electron chi connectivity index (χ2n) is 18.0. The molecule has 2 heterocycles. The van der Waals surface area contributed by atoms with Crippen molar-refractivity contribution in [3.05, 3.63) is 101 Å². The second kappa shape index (κ2) is 20.0. The van der Waals surface area contributed by atoms with Crippen molar-refractivity contribution in [2.45, 2.75) is 145 Å². The summed E-state index contributed by atoms with van der Waals surface area (Å²) in [5, 5.41) is 13.7. The average Bonchev–Trinajstić information content (AvgIpc) is 3.57. The number of thiophene rings is 1. The van der Waals surface area contributed by atoms with Gasteiger partial charge in [0.2, 0.25) is 0 Å². The van der Waals surface area contributed by atoms with Crippen LogP contribution in [0.4, 0.5) is 0 Å². The summed E-state index contributed by atoms with van der Waals surface area (Å²) in [5.41, 5.74) is 8.13. The zero-order valence-electron chi connectivity index (χ0n) is 35.8. The van der Waals surface area contributed by atoms with Gasteiger partial charge in [-0.05, 0) is 89.8 Å². The van der Waals surface area contributed by atoms with Gasteiger partial charge in [-0.3, -0.25) is 9.78 Å². The number of aliphatic hydroxyl groups is 1. The standard InChI is InChI=1S/C38H42NS.C13H24O2.Ir/c1-37(2,3)24-25-16-18-27(19-17-25)35-33(38(4,5)6)31-20-21-39-34(36(31)40-35)29-22-28-14-10-11-15-30(28)32(23-29)26-12-8-7-9-13-26;1-5-10(6-2)12(14)9-13(15)11(7-3)8-4;/h10-11,14-21,23,26H,7-9,12-13,24H2,1-6H3;9-11,14H,5-8H2,1-4H3;/q-1;;/b;12-9-;. The van der Waals surface area contributed by atoms with Crippen LogP contribution in [-0.4, -0.2) is 15.9 Å². The molecule has 0 saturated heterocycles. The van der Waals surface area contributed by atoms with Crippen molar-refractivity contribution in [2.75, 3.05) is 0 Å². The van der Waals surface area contributed by atoms with Crippen molar-refractivity contribution in [1.82, 2.24) is 4.98 Å². The smallest absolute Gasteiger partial charge is 0.162 e. The first-order valence-corrected chi connectivity index (χ1v) is 21.9. The molecule has 1 saturated carbocycles. The minimum Gasteiger partial charge on any atom is -0.512 e. The number of pyridine rings is 1. The van der Waals surface area contributed by atoms with Crippen LogP contribution in [0.5, 0.6) is 0 Å². The quantitative estimate of drug-likeness (QED) is 0.0815. The van der Waals surface area contributed by atoms with Gasteiger partial charge in [0, 0.05) is 59.5 Å². The van der Waals surface area contributed by atoms with E-state index in [0.29, 0.717) is 5.92 Å². The Kier molecular flexibility index (Phi) is 16.3. The molecule has 0 atom stereocenters. The number of ketones is 1. The second-order valence-corrected chi connectivity index (χ2v) is 19.1. The molecule has 1 aliphatic rings. The topological polar surface area (TPSA) is 50.2 Å². The van der Waals surface area contributed by atoms with Crippen LogP contribution in [0.15, 0.2) is 78.7 Å². The van der Waals surface area contributed by atoms with E-state index >= 15 is 0 Å². The first kappa shape index (κ1) is 45.6. The summed E-state index contributed by atoms with van der Waals surface area (Å²) in [5.74, 6) is 1.17. The van der Waals surface area contributed by atoms with Gasteiger partial charge in [0.05, 0.1) is 5.76 Å². The summed E-state index contributed by atoms with van der Waals surface area (Å²) in [6, 6.07) is 26.6. The molecule has 3 aromatic carbocycles. The Morgan fingerprint density at radius 1 is 0.857 bits per heavy atom. The molecule has 3 nitrogen and oxygen atoms in total. The summed E-state index contributed by atoms with van der Waals surface area (Å²) in [4.78, 5) is 18.1. The van der Waals surface area contributed by atoms with Crippen LogP contribution >= 0.6 is 11.3 Å². The van der Waals surface area contributed by atoms with E-state index in [4.69, 9.17) is 4.98 Å². The zero-order chi connectivity index (χ0) is 39.9. The number of benzene rings is 3. The predicted octanol–water partition coefficient (Wildman–Crippen LogP) is 15.4. The first-order valence-electron chi connectivity index (χ1n) is 21.1. The Morgan fingerprint density at radius 3 is 2.07 bits per heavy atom. The number of aromatic nitrogens is 1. The van der Waals surface area contributed by atoms with Gasteiger partial charge in [-0.25, -0.2) is 0 Å². The number of allylic oxidation sites excluding steroid dienone is 2. The zero-order valence-corrected chi connectivity index (χ0v) is 39.0. The summed E-state index contributed by atoms with van der Waals surface area (Å²) in [6.07, 6.45) is 14.6. The van der Waals surface area contributed by atoms with Crippen LogP contribution in [0, 0.1) is 23.3 Å². The van der Waals surface area contributed by atoms with Crippen molar-refractivity contribution < 1.29 is 30.0 Å². The fourth-order valence-electron chi connectivity index (χ4n) is 8.47. The Balaban J connectivity index is 0.000000372. The van der Waals surface area contributed by atoms with Gasteiger partial charge >= 0.3 is 0 Å². The van der Waals surface area contributed by atoms with Crippen molar-refractivity contribution in [3.63, 3.8) is 0 Å². The van der Waals surface area contributed by atoms with Gasteiger partial charge in [0.15, 0.2) is 5.78 Å². The van der Waals surface area contributed by atoms with Gasteiger partial charge in [-0.1, -0.05) is 142 Å². The van der Waals surface area contributed by atoms with Gasteiger partial charge in [-0.15, -0.1) is 40.5 Å². The van der Waals surface area contributed by atoms with Gasteiger partial charge < -0.3 is 5.11 Å². The van der Waals surface area contributed by atoms with Crippen LogP contribution in [0.3, 0.4) is 0 Å². The molecule has 56 heavy (non-hydrogen) atoms. The molecule has 0 unspecified atom stereocenters. The maximum atomic E-state index is 11.7. The molecule has 303 valence electrons. The minimum atomic E-state index is 0. The van der Waals surface area contributed by atoms with E-state index in [9.17, 15) is 9.90 Å². The van der Waals surface area contributed by atoms with Gasteiger partial charge in [0.1, 0.15) is 0 Å². The SMILES string of the molecule is CC(C)(C)Cc1ccc(-c2sc3c(-c4[c-]c5ccccc5c(C5CCCCC5)c4)nccc3c2C(C)(C)C)cc1.CCC(CC)C(=O)/C=C(\O)C(CC)CC.[Ir]. The fraction of sp³-hybridized carbons (Fsp3) is 0.490. The molecule has 2 aromatic heterocycles. The Hall–Kier alpha value is -3.11. The van der Waals surface area contributed by atoms with Crippen LogP contribution in [0.2, 0.25) is 0 Å². The van der Waals surface area contributed by atoms with E-state index in [0.717, 1.165) is 43.4 Å². The Labute approximate surface area is 356 Å². The monoisotopic (exact) mass is 949 g/mol. The van der Waals surface area contributed by atoms with Crippen molar-refractivity contribution >= 4 is 38.0 Å². The fourth-order valence-corrected chi connectivity index (χ4v) is 9.98. The molecular weight excluding hydrogens is 883 g/mol. The third kappa shape index (κ3) is 11.1. The summed E-state index contributed by atoms with van der Waals surface area (Å²) >= 11 is 1.91. The number of carbonyl (C=O) groups is 1. The molecule has 5 heteroatoms.